The molecule has 1 aromatic heterocycles. The quantitative estimate of drug-likeness (QED) is 0.888. The number of hydrogen-bond acceptors (Lipinski definition) is 4. The first-order chi connectivity index (χ1) is 10.6. The SMILES string of the molecule is CCOc1ccc(CN(C)C(=O)c2ccnc(CN)c2)cc1. The number of pyridine rings is 1. The predicted octanol–water partition coefficient (Wildman–Crippen LogP) is 2.21. The standard InChI is InChI=1S/C17H21N3O2/c1-3-22-16-6-4-13(5-7-16)12-20(2)17(21)14-8-9-19-15(10-14)11-18/h4-10H,3,11-12,18H2,1-2H3. The minimum absolute atomic E-state index is 0.0500. The molecule has 2 aromatic rings. The van der Waals surface area contributed by atoms with Crippen LogP contribution in [-0.4, -0.2) is 29.4 Å². The van der Waals surface area contributed by atoms with Crippen LogP contribution >= 0.6 is 0 Å². The lowest BCUT2D eigenvalue weighted by Crippen LogP contribution is -2.26. The van der Waals surface area contributed by atoms with E-state index in [9.17, 15) is 4.79 Å². The number of carbonyl (C=O) groups is 1. The van der Waals surface area contributed by atoms with Gasteiger partial charge in [-0.05, 0) is 36.8 Å². The van der Waals surface area contributed by atoms with Crippen molar-refractivity contribution in [3.8, 4) is 5.75 Å². The molecule has 2 rings (SSSR count). The fourth-order valence-electron chi connectivity index (χ4n) is 2.15. The Labute approximate surface area is 130 Å². The molecule has 0 unspecified atom stereocenters. The van der Waals surface area contributed by atoms with Gasteiger partial charge < -0.3 is 15.4 Å². The summed E-state index contributed by atoms with van der Waals surface area (Å²) in [6.07, 6.45) is 1.61. The molecule has 0 saturated heterocycles. The first-order valence-electron chi connectivity index (χ1n) is 7.26. The summed E-state index contributed by atoms with van der Waals surface area (Å²) in [7, 11) is 1.78. The second kappa shape index (κ2) is 7.56. The summed E-state index contributed by atoms with van der Waals surface area (Å²) in [6.45, 7) is 3.45. The summed E-state index contributed by atoms with van der Waals surface area (Å²) in [5, 5.41) is 0. The van der Waals surface area contributed by atoms with Crippen molar-refractivity contribution in [2.75, 3.05) is 13.7 Å². The van der Waals surface area contributed by atoms with E-state index in [1.165, 1.54) is 0 Å². The number of nitrogens with zero attached hydrogens (tertiary/aromatic N) is 2. The Hall–Kier alpha value is -2.40. The molecule has 0 aliphatic heterocycles. The second-order valence-corrected chi connectivity index (χ2v) is 4.98. The molecule has 5 heteroatoms. The van der Waals surface area contributed by atoms with Gasteiger partial charge in [0.25, 0.3) is 5.91 Å². The first kappa shape index (κ1) is 16.0. The summed E-state index contributed by atoms with van der Waals surface area (Å²) < 4.78 is 5.41. The lowest BCUT2D eigenvalue weighted by atomic mass is 10.1. The molecule has 1 heterocycles. The summed E-state index contributed by atoms with van der Waals surface area (Å²) in [5.74, 6) is 0.785. The van der Waals surface area contributed by atoms with Gasteiger partial charge in [-0.2, -0.15) is 0 Å². The van der Waals surface area contributed by atoms with Crippen molar-refractivity contribution in [3.63, 3.8) is 0 Å². The maximum Gasteiger partial charge on any atom is 0.254 e. The summed E-state index contributed by atoms with van der Waals surface area (Å²) >= 11 is 0. The third-order valence-electron chi connectivity index (χ3n) is 3.27. The maximum atomic E-state index is 12.4. The highest BCUT2D eigenvalue weighted by atomic mass is 16.5. The van der Waals surface area contributed by atoms with Crippen molar-refractivity contribution < 1.29 is 9.53 Å². The van der Waals surface area contributed by atoms with Gasteiger partial charge in [0, 0.05) is 31.9 Å². The highest BCUT2D eigenvalue weighted by Gasteiger charge is 2.12. The Morgan fingerprint density at radius 3 is 2.64 bits per heavy atom. The Balaban J connectivity index is 2.04. The van der Waals surface area contributed by atoms with Crippen LogP contribution in [0.2, 0.25) is 0 Å². The molecule has 22 heavy (non-hydrogen) atoms. The van der Waals surface area contributed by atoms with E-state index >= 15 is 0 Å². The fourth-order valence-corrected chi connectivity index (χ4v) is 2.15. The van der Waals surface area contributed by atoms with Crippen molar-refractivity contribution in [3.05, 3.63) is 59.4 Å². The third kappa shape index (κ3) is 4.05. The molecular formula is C17H21N3O2. The van der Waals surface area contributed by atoms with E-state index in [1.807, 2.05) is 31.2 Å². The Bertz CT molecular complexity index is 626. The average molecular weight is 299 g/mol. The molecule has 0 bridgehead atoms. The summed E-state index contributed by atoms with van der Waals surface area (Å²) in [5.41, 5.74) is 7.92. The van der Waals surface area contributed by atoms with Crippen molar-refractivity contribution in [1.29, 1.82) is 0 Å². The van der Waals surface area contributed by atoms with E-state index in [4.69, 9.17) is 10.5 Å². The molecule has 0 aliphatic rings. The van der Waals surface area contributed by atoms with Gasteiger partial charge in [-0.25, -0.2) is 0 Å². The molecule has 1 aromatic carbocycles. The highest BCUT2D eigenvalue weighted by molar-refractivity contribution is 5.94. The maximum absolute atomic E-state index is 12.4. The van der Waals surface area contributed by atoms with Crippen LogP contribution in [0.15, 0.2) is 42.6 Å². The van der Waals surface area contributed by atoms with Crippen molar-refractivity contribution in [2.45, 2.75) is 20.0 Å². The van der Waals surface area contributed by atoms with E-state index < -0.39 is 0 Å². The monoisotopic (exact) mass is 299 g/mol. The predicted molar refractivity (Wildman–Crippen MR) is 85.5 cm³/mol. The molecular weight excluding hydrogens is 278 g/mol. The zero-order valence-corrected chi connectivity index (χ0v) is 13.0. The molecule has 0 spiro atoms. The molecule has 0 radical (unpaired) electrons. The van der Waals surface area contributed by atoms with Crippen LogP contribution in [0, 0.1) is 0 Å². The number of carbonyl (C=O) groups excluding carboxylic acids is 1. The number of amides is 1. The van der Waals surface area contributed by atoms with Crippen molar-refractivity contribution in [1.82, 2.24) is 9.88 Å². The lowest BCUT2D eigenvalue weighted by Gasteiger charge is -2.18. The minimum Gasteiger partial charge on any atom is -0.494 e. The van der Waals surface area contributed by atoms with Gasteiger partial charge in [0.2, 0.25) is 0 Å². The van der Waals surface area contributed by atoms with Gasteiger partial charge in [-0.1, -0.05) is 12.1 Å². The number of rotatable bonds is 6. The largest absolute Gasteiger partial charge is 0.494 e. The highest BCUT2D eigenvalue weighted by Crippen LogP contribution is 2.14. The summed E-state index contributed by atoms with van der Waals surface area (Å²) in [4.78, 5) is 18.2. The van der Waals surface area contributed by atoms with Gasteiger partial charge >= 0.3 is 0 Å². The molecule has 2 N–H and O–H groups in total. The van der Waals surface area contributed by atoms with Crippen LogP contribution in [0.25, 0.3) is 0 Å². The van der Waals surface area contributed by atoms with Gasteiger partial charge in [-0.15, -0.1) is 0 Å². The van der Waals surface area contributed by atoms with Crippen LogP contribution in [0.5, 0.6) is 5.75 Å². The number of aromatic nitrogens is 1. The molecule has 0 fully saturated rings. The van der Waals surface area contributed by atoms with Crippen molar-refractivity contribution in [2.24, 2.45) is 5.73 Å². The van der Waals surface area contributed by atoms with Crippen LogP contribution in [0.4, 0.5) is 0 Å². The first-order valence-corrected chi connectivity index (χ1v) is 7.26. The topological polar surface area (TPSA) is 68.5 Å². The Morgan fingerprint density at radius 2 is 2.00 bits per heavy atom. The van der Waals surface area contributed by atoms with Gasteiger partial charge in [-0.3, -0.25) is 9.78 Å². The van der Waals surface area contributed by atoms with Gasteiger partial charge in [0.05, 0.1) is 12.3 Å². The smallest absolute Gasteiger partial charge is 0.254 e. The van der Waals surface area contributed by atoms with E-state index in [0.29, 0.717) is 31.0 Å². The van der Waals surface area contributed by atoms with E-state index in [-0.39, 0.29) is 5.91 Å². The molecule has 0 saturated carbocycles. The second-order valence-electron chi connectivity index (χ2n) is 4.98. The number of nitrogens with two attached hydrogens (primary N) is 1. The third-order valence-corrected chi connectivity index (χ3v) is 3.27. The fraction of sp³-hybridized carbons (Fsp3) is 0.294. The molecule has 0 aliphatic carbocycles. The Morgan fingerprint density at radius 1 is 1.27 bits per heavy atom. The summed E-state index contributed by atoms with van der Waals surface area (Å²) in [6, 6.07) is 11.2. The number of hydrogen-bond donors (Lipinski definition) is 1. The van der Waals surface area contributed by atoms with Crippen LogP contribution in [0.1, 0.15) is 28.5 Å². The normalized spacial score (nSPS) is 10.3. The molecule has 0 atom stereocenters. The van der Waals surface area contributed by atoms with Crippen molar-refractivity contribution >= 4 is 5.91 Å². The number of benzene rings is 1. The molecule has 1 amide bonds. The van der Waals surface area contributed by atoms with Gasteiger partial charge in [0.15, 0.2) is 0 Å². The lowest BCUT2D eigenvalue weighted by molar-refractivity contribution is 0.0785. The van der Waals surface area contributed by atoms with E-state index in [1.54, 1.807) is 30.3 Å². The van der Waals surface area contributed by atoms with Crippen LogP contribution in [-0.2, 0) is 13.1 Å². The zero-order chi connectivity index (χ0) is 15.9. The molecule has 116 valence electrons. The van der Waals surface area contributed by atoms with Gasteiger partial charge in [0.1, 0.15) is 5.75 Å². The van der Waals surface area contributed by atoms with Crippen LogP contribution in [0.3, 0.4) is 0 Å². The van der Waals surface area contributed by atoms with E-state index in [2.05, 4.69) is 4.98 Å². The van der Waals surface area contributed by atoms with E-state index in [0.717, 1.165) is 11.3 Å². The van der Waals surface area contributed by atoms with Crippen LogP contribution < -0.4 is 10.5 Å². The molecule has 5 nitrogen and oxygen atoms in total. The average Bonchev–Trinajstić information content (AvgIpc) is 2.56. The number of ether oxygens (including phenoxy) is 1. The minimum atomic E-state index is -0.0500. The Kier molecular flexibility index (Phi) is 5.49. The zero-order valence-electron chi connectivity index (χ0n) is 13.0.